The van der Waals surface area contributed by atoms with E-state index in [2.05, 4.69) is 9.79 Å². The molecule has 0 N–H and O–H groups in total. The first-order valence-corrected chi connectivity index (χ1v) is 14.0. The standard InChI is InChI=1S/C27H30N2O10S/c1-16-17(2)23-21(18(3)22(16)37-19(4)30)12-13-27(5,38-23)26(31)36-15-9-14-35-24-25(29(32)39-28-24)40(33,34)20-10-7-6-8-11-20/h6-8,10-11H,9,12-15H2,1-5H3. The largest absolute Gasteiger partial charge is 0.475 e. The van der Waals surface area contributed by atoms with Crippen LogP contribution in [0.2, 0.25) is 0 Å². The van der Waals surface area contributed by atoms with E-state index in [1.807, 2.05) is 20.8 Å². The van der Waals surface area contributed by atoms with E-state index in [-0.39, 0.29) is 29.4 Å². The van der Waals surface area contributed by atoms with Crippen LogP contribution in [0, 0.1) is 26.0 Å². The molecule has 0 aliphatic carbocycles. The Bertz CT molecular complexity index is 1550. The van der Waals surface area contributed by atoms with Crippen molar-refractivity contribution in [3.05, 3.63) is 57.8 Å². The van der Waals surface area contributed by atoms with Gasteiger partial charge >= 0.3 is 22.8 Å². The van der Waals surface area contributed by atoms with E-state index in [0.717, 1.165) is 22.3 Å². The Kier molecular flexibility index (Phi) is 8.05. The second-order valence-corrected chi connectivity index (χ2v) is 11.5. The number of esters is 2. The zero-order valence-electron chi connectivity index (χ0n) is 22.8. The Hall–Kier alpha value is -4.13. The highest BCUT2D eigenvalue weighted by atomic mass is 32.2. The van der Waals surface area contributed by atoms with Crippen molar-refractivity contribution in [3.63, 3.8) is 0 Å². The quantitative estimate of drug-likeness (QED) is 0.160. The molecule has 0 saturated heterocycles. The molecule has 0 amide bonds. The monoisotopic (exact) mass is 574 g/mol. The van der Waals surface area contributed by atoms with E-state index in [9.17, 15) is 23.2 Å². The van der Waals surface area contributed by atoms with Crippen molar-refractivity contribution in [1.82, 2.24) is 5.16 Å². The predicted octanol–water partition coefficient (Wildman–Crippen LogP) is 3.09. The van der Waals surface area contributed by atoms with Crippen molar-refractivity contribution >= 4 is 21.8 Å². The Labute approximate surface area is 231 Å². The van der Waals surface area contributed by atoms with Crippen LogP contribution < -0.4 is 19.1 Å². The van der Waals surface area contributed by atoms with Crippen molar-refractivity contribution in [3.8, 4) is 17.4 Å². The average Bonchev–Trinajstić information content (AvgIpc) is 3.30. The molecule has 4 rings (SSSR count). The minimum Gasteiger partial charge on any atom is -0.475 e. The maximum Gasteiger partial charge on any atom is 0.414 e. The van der Waals surface area contributed by atoms with Crippen molar-refractivity contribution < 1.29 is 46.5 Å². The first-order valence-electron chi connectivity index (χ1n) is 12.6. The summed E-state index contributed by atoms with van der Waals surface area (Å²) in [5.41, 5.74) is 1.96. The van der Waals surface area contributed by atoms with Gasteiger partial charge in [-0.05, 0) is 67.8 Å². The molecule has 0 spiro atoms. The fourth-order valence-electron chi connectivity index (χ4n) is 4.46. The maximum atomic E-state index is 13.0. The fourth-order valence-corrected chi connectivity index (χ4v) is 5.76. The van der Waals surface area contributed by atoms with Gasteiger partial charge in [-0.1, -0.05) is 18.2 Å². The zero-order valence-corrected chi connectivity index (χ0v) is 23.6. The molecule has 0 radical (unpaired) electrons. The van der Waals surface area contributed by atoms with Gasteiger partial charge in [0.05, 0.1) is 23.3 Å². The number of aromatic nitrogens is 2. The number of carbonyl (C=O) groups is 2. The molecular weight excluding hydrogens is 544 g/mol. The van der Waals surface area contributed by atoms with Gasteiger partial charge < -0.3 is 24.2 Å². The van der Waals surface area contributed by atoms with E-state index in [4.69, 9.17) is 18.9 Å². The zero-order chi connectivity index (χ0) is 29.2. The molecule has 12 nitrogen and oxygen atoms in total. The van der Waals surface area contributed by atoms with Gasteiger partial charge in [0, 0.05) is 25.3 Å². The lowest BCUT2D eigenvalue weighted by Crippen LogP contribution is -2.46. The van der Waals surface area contributed by atoms with Crippen LogP contribution in [0.4, 0.5) is 0 Å². The number of nitrogens with zero attached hydrogens (tertiary/aromatic N) is 2. The molecule has 0 fully saturated rings. The lowest BCUT2D eigenvalue weighted by Gasteiger charge is -2.36. The molecule has 0 bridgehead atoms. The number of fused-ring (bicyclic) bond motifs is 1. The fraction of sp³-hybridized carbons (Fsp3) is 0.407. The number of rotatable bonds is 9. The summed E-state index contributed by atoms with van der Waals surface area (Å²) in [5.74, 6) is -0.386. The van der Waals surface area contributed by atoms with Crippen LogP contribution >= 0.6 is 0 Å². The van der Waals surface area contributed by atoms with Crippen LogP contribution in [0.15, 0.2) is 44.9 Å². The second-order valence-electron chi connectivity index (χ2n) is 9.63. The minimum atomic E-state index is -4.24. The summed E-state index contributed by atoms with van der Waals surface area (Å²) in [6, 6.07) is 7.34. The van der Waals surface area contributed by atoms with E-state index in [1.54, 1.807) is 13.0 Å². The SMILES string of the molecule is CC(=O)Oc1c(C)c(C)c2c(c1C)CCC(C)(C(=O)OCCCOc1no[n+]([O-])c1S(=O)(=O)c1ccccc1)O2. The maximum absolute atomic E-state index is 13.0. The lowest BCUT2D eigenvalue weighted by atomic mass is 9.87. The third-order valence-corrected chi connectivity index (χ3v) is 8.51. The van der Waals surface area contributed by atoms with Crippen molar-refractivity contribution in [1.29, 1.82) is 0 Å². The Balaban J connectivity index is 1.37. The Morgan fingerprint density at radius 2 is 1.80 bits per heavy atom. The lowest BCUT2D eigenvalue weighted by molar-refractivity contribution is -0.832. The van der Waals surface area contributed by atoms with Gasteiger partial charge in [0.25, 0.3) is 9.84 Å². The van der Waals surface area contributed by atoms with Gasteiger partial charge in [0.2, 0.25) is 5.60 Å². The van der Waals surface area contributed by atoms with E-state index in [1.165, 1.54) is 31.2 Å². The summed E-state index contributed by atoms with van der Waals surface area (Å²) in [7, 11) is -4.24. The summed E-state index contributed by atoms with van der Waals surface area (Å²) in [6.45, 7) is 8.37. The van der Waals surface area contributed by atoms with Crippen LogP contribution in [0.5, 0.6) is 17.4 Å². The highest BCUT2D eigenvalue weighted by Crippen LogP contribution is 2.44. The number of benzene rings is 2. The van der Waals surface area contributed by atoms with Gasteiger partial charge in [-0.25, -0.2) is 13.2 Å². The summed E-state index contributed by atoms with van der Waals surface area (Å²) in [4.78, 5) is 24.2. The molecule has 1 atom stereocenters. The summed E-state index contributed by atoms with van der Waals surface area (Å²) in [6.07, 6.45) is 1.05. The van der Waals surface area contributed by atoms with Gasteiger partial charge in [-0.2, -0.15) is 0 Å². The van der Waals surface area contributed by atoms with Crippen molar-refractivity contribution in [2.75, 3.05) is 13.2 Å². The van der Waals surface area contributed by atoms with Crippen LogP contribution in [-0.2, 0) is 30.6 Å². The average molecular weight is 575 g/mol. The summed E-state index contributed by atoms with van der Waals surface area (Å²) in [5, 5.41) is 14.6. The van der Waals surface area contributed by atoms with Crippen molar-refractivity contribution in [2.45, 2.75) is 69.4 Å². The van der Waals surface area contributed by atoms with Gasteiger partial charge in [-0.15, -0.1) is 0 Å². The molecule has 3 aromatic rings. The van der Waals surface area contributed by atoms with Crippen LogP contribution in [-0.4, -0.2) is 44.3 Å². The Morgan fingerprint density at radius 3 is 2.48 bits per heavy atom. The molecule has 13 heteroatoms. The third-order valence-electron chi connectivity index (χ3n) is 6.78. The van der Waals surface area contributed by atoms with Crippen LogP contribution in [0.25, 0.3) is 0 Å². The highest BCUT2D eigenvalue weighted by Gasteiger charge is 2.42. The van der Waals surface area contributed by atoms with Gasteiger partial charge in [0.15, 0.2) is 0 Å². The first-order chi connectivity index (χ1) is 18.9. The predicted molar refractivity (Wildman–Crippen MR) is 138 cm³/mol. The molecule has 1 unspecified atom stereocenters. The molecule has 214 valence electrons. The second kappa shape index (κ2) is 11.2. The molecule has 2 heterocycles. The first kappa shape index (κ1) is 28.9. The van der Waals surface area contributed by atoms with E-state index < -0.39 is 38.3 Å². The summed E-state index contributed by atoms with van der Waals surface area (Å²) >= 11 is 0. The van der Waals surface area contributed by atoms with E-state index in [0.29, 0.717) is 24.3 Å². The minimum absolute atomic E-state index is 0.0525. The van der Waals surface area contributed by atoms with Gasteiger partial charge in [0.1, 0.15) is 11.5 Å². The third kappa shape index (κ3) is 5.46. The molecule has 1 aliphatic rings. The van der Waals surface area contributed by atoms with Crippen LogP contribution in [0.1, 0.15) is 48.9 Å². The number of hydrogen-bond acceptors (Lipinski definition) is 11. The summed E-state index contributed by atoms with van der Waals surface area (Å²) < 4.78 is 52.6. The molecule has 0 saturated carbocycles. The molecule has 1 aliphatic heterocycles. The van der Waals surface area contributed by atoms with E-state index >= 15 is 0 Å². The topological polar surface area (TPSA) is 158 Å². The number of sulfone groups is 1. The number of carbonyl (C=O) groups excluding carboxylic acids is 2. The number of hydrogen-bond donors (Lipinski definition) is 0. The van der Waals surface area contributed by atoms with Crippen molar-refractivity contribution in [2.24, 2.45) is 0 Å². The normalized spacial score (nSPS) is 16.5. The smallest absolute Gasteiger partial charge is 0.414 e. The number of ether oxygens (including phenoxy) is 4. The highest BCUT2D eigenvalue weighted by molar-refractivity contribution is 7.91. The molecular formula is C27H30N2O10S. The molecule has 40 heavy (non-hydrogen) atoms. The Morgan fingerprint density at radius 1 is 1.10 bits per heavy atom. The van der Waals surface area contributed by atoms with Gasteiger partial charge in [-0.3, -0.25) is 9.42 Å². The molecule has 2 aromatic carbocycles. The molecule has 1 aromatic heterocycles. The van der Waals surface area contributed by atoms with Crippen LogP contribution in [0.3, 0.4) is 0 Å².